The fourth-order valence-electron chi connectivity index (χ4n) is 4.16. The van der Waals surface area contributed by atoms with Crippen molar-refractivity contribution in [2.75, 3.05) is 6.54 Å². The lowest BCUT2D eigenvalue weighted by Gasteiger charge is -2.24. The zero-order valence-electron chi connectivity index (χ0n) is 18.2. The first-order valence-corrected chi connectivity index (χ1v) is 11.1. The van der Waals surface area contributed by atoms with Crippen LogP contribution in [0.3, 0.4) is 0 Å². The monoisotopic (exact) mass is 436 g/mol. The molecule has 1 N–H and O–H groups in total. The number of hydrogen-bond acceptors (Lipinski definition) is 2. The summed E-state index contributed by atoms with van der Waals surface area (Å²) in [5.74, 6) is 0.957. The molecule has 1 heterocycles. The van der Waals surface area contributed by atoms with Crippen LogP contribution in [0.1, 0.15) is 63.1 Å². The minimum absolute atomic E-state index is 0.444. The van der Waals surface area contributed by atoms with Crippen LogP contribution in [-0.2, 0) is 12.7 Å². The van der Waals surface area contributed by atoms with Crippen LogP contribution in [0, 0.1) is 12.8 Å². The van der Waals surface area contributed by atoms with Gasteiger partial charge in [0.15, 0.2) is 5.75 Å². The highest BCUT2D eigenvalue weighted by molar-refractivity contribution is 5.72. The second kappa shape index (κ2) is 10.2. The predicted molar refractivity (Wildman–Crippen MR) is 115 cm³/mol. The van der Waals surface area contributed by atoms with Gasteiger partial charge >= 0.3 is 12.3 Å². The summed E-state index contributed by atoms with van der Waals surface area (Å²) < 4.78 is 46.6. The Bertz CT molecular complexity index is 866. The molecule has 4 nitrogen and oxygen atoms in total. The van der Waals surface area contributed by atoms with Crippen molar-refractivity contribution < 1.29 is 22.7 Å². The first-order chi connectivity index (χ1) is 14.8. The van der Waals surface area contributed by atoms with Crippen LogP contribution >= 0.6 is 0 Å². The van der Waals surface area contributed by atoms with Crippen molar-refractivity contribution in [3.8, 4) is 17.0 Å². The van der Waals surface area contributed by atoms with Crippen molar-refractivity contribution in [3.63, 3.8) is 0 Å². The zero-order valence-corrected chi connectivity index (χ0v) is 18.2. The molecule has 7 heteroatoms. The number of aromatic nitrogens is 1. The molecule has 1 aromatic heterocycles. The van der Waals surface area contributed by atoms with Crippen molar-refractivity contribution in [1.29, 1.82) is 0 Å². The number of ether oxygens (including phenoxy) is 1. The zero-order chi connectivity index (χ0) is 22.4. The summed E-state index contributed by atoms with van der Waals surface area (Å²) in [6.07, 6.45) is 2.87. The molecule has 170 valence electrons. The molecule has 1 aliphatic rings. The largest absolute Gasteiger partial charge is 0.416 e. The van der Waals surface area contributed by atoms with Crippen molar-refractivity contribution in [3.05, 3.63) is 41.6 Å². The Morgan fingerprint density at radius 1 is 1.16 bits per heavy atom. The molecular formula is C24H31F3N2O2. The number of alkyl halides is 3. The van der Waals surface area contributed by atoms with Gasteiger partial charge in [0.1, 0.15) is 0 Å². The summed E-state index contributed by atoms with van der Waals surface area (Å²) in [4.78, 5) is 12.2. The third-order valence-electron chi connectivity index (χ3n) is 6.00. The molecule has 0 unspecified atom stereocenters. The molecule has 2 aromatic rings. The molecule has 31 heavy (non-hydrogen) atoms. The van der Waals surface area contributed by atoms with Gasteiger partial charge in [-0.1, -0.05) is 44.7 Å². The first kappa shape index (κ1) is 23.2. The minimum atomic E-state index is -4.37. The van der Waals surface area contributed by atoms with Crippen LogP contribution in [0.15, 0.2) is 30.3 Å². The SMILES string of the molecule is CCCCNC(=O)Oc1cc(-c2ccc(C(F)(F)F)cc2)n(CC2CCCCC2)c1C. The lowest BCUT2D eigenvalue weighted by atomic mass is 9.89. The molecule has 0 aliphatic heterocycles. The van der Waals surface area contributed by atoms with Gasteiger partial charge in [0.25, 0.3) is 0 Å². The van der Waals surface area contributed by atoms with E-state index in [1.54, 1.807) is 6.07 Å². The van der Waals surface area contributed by atoms with Crippen LogP contribution in [0.5, 0.6) is 5.75 Å². The van der Waals surface area contributed by atoms with E-state index in [0.717, 1.165) is 55.7 Å². The van der Waals surface area contributed by atoms with Gasteiger partial charge in [-0.15, -0.1) is 0 Å². The van der Waals surface area contributed by atoms with E-state index in [1.807, 2.05) is 13.8 Å². The lowest BCUT2D eigenvalue weighted by Crippen LogP contribution is -2.27. The van der Waals surface area contributed by atoms with Gasteiger partial charge in [0.2, 0.25) is 0 Å². The highest BCUT2D eigenvalue weighted by Crippen LogP contribution is 2.36. The molecule has 0 spiro atoms. The number of carbonyl (C=O) groups excluding carboxylic acids is 1. The molecule has 0 saturated heterocycles. The summed E-state index contributed by atoms with van der Waals surface area (Å²) >= 11 is 0. The molecule has 1 aromatic carbocycles. The van der Waals surface area contributed by atoms with Crippen molar-refractivity contribution in [2.45, 2.75) is 71.5 Å². The number of halogens is 3. The molecule has 1 amide bonds. The van der Waals surface area contributed by atoms with E-state index in [0.29, 0.717) is 23.8 Å². The maximum Gasteiger partial charge on any atom is 0.416 e. The van der Waals surface area contributed by atoms with Crippen molar-refractivity contribution in [2.24, 2.45) is 5.92 Å². The summed E-state index contributed by atoms with van der Waals surface area (Å²) in [7, 11) is 0. The standard InChI is InChI=1S/C24H31F3N2O2/c1-3-4-14-28-23(30)31-22-15-21(19-10-12-20(13-11-19)24(25,26)27)29(17(22)2)16-18-8-6-5-7-9-18/h10-13,15,18H,3-9,14,16H2,1-2H3,(H,28,30). The molecule has 0 bridgehead atoms. The maximum atomic E-state index is 13.0. The third-order valence-corrected chi connectivity index (χ3v) is 6.00. The van der Waals surface area contributed by atoms with Crippen LogP contribution in [0.25, 0.3) is 11.3 Å². The maximum absolute atomic E-state index is 13.0. The Balaban J connectivity index is 1.88. The van der Waals surface area contributed by atoms with E-state index in [9.17, 15) is 18.0 Å². The molecule has 1 fully saturated rings. The average Bonchev–Trinajstić information content (AvgIpc) is 3.04. The third kappa shape index (κ3) is 6.05. The molecule has 3 rings (SSSR count). The number of rotatable bonds is 7. The highest BCUT2D eigenvalue weighted by Gasteiger charge is 2.30. The van der Waals surface area contributed by atoms with Crippen LogP contribution in [0.2, 0.25) is 0 Å². The number of nitrogens with zero attached hydrogens (tertiary/aromatic N) is 1. The van der Waals surface area contributed by atoms with E-state index in [1.165, 1.54) is 31.4 Å². The Morgan fingerprint density at radius 3 is 2.45 bits per heavy atom. The number of unbranched alkanes of at least 4 members (excludes halogenated alkanes) is 1. The van der Waals surface area contributed by atoms with Crippen LogP contribution in [-0.4, -0.2) is 17.2 Å². The van der Waals surface area contributed by atoms with Crippen molar-refractivity contribution in [1.82, 2.24) is 9.88 Å². The summed E-state index contributed by atoms with van der Waals surface area (Å²) in [5.41, 5.74) is 1.58. The highest BCUT2D eigenvalue weighted by atomic mass is 19.4. The number of amides is 1. The Labute approximate surface area is 181 Å². The molecule has 0 atom stereocenters. The lowest BCUT2D eigenvalue weighted by molar-refractivity contribution is -0.137. The number of hydrogen-bond donors (Lipinski definition) is 1. The molecular weight excluding hydrogens is 405 g/mol. The van der Waals surface area contributed by atoms with E-state index >= 15 is 0 Å². The van der Waals surface area contributed by atoms with Crippen LogP contribution in [0.4, 0.5) is 18.0 Å². The van der Waals surface area contributed by atoms with Gasteiger partial charge in [-0.2, -0.15) is 13.2 Å². The van der Waals surface area contributed by atoms with Gasteiger partial charge in [-0.05, 0) is 49.8 Å². The van der Waals surface area contributed by atoms with E-state index in [2.05, 4.69) is 9.88 Å². The van der Waals surface area contributed by atoms with Gasteiger partial charge in [0.05, 0.1) is 17.0 Å². The predicted octanol–water partition coefficient (Wildman–Crippen LogP) is 6.95. The van der Waals surface area contributed by atoms with Crippen molar-refractivity contribution >= 4 is 6.09 Å². The van der Waals surface area contributed by atoms with E-state index in [-0.39, 0.29) is 0 Å². The van der Waals surface area contributed by atoms with Gasteiger partial charge < -0.3 is 14.6 Å². The number of nitrogens with one attached hydrogen (secondary N) is 1. The number of benzene rings is 1. The fourth-order valence-corrected chi connectivity index (χ4v) is 4.16. The van der Waals surface area contributed by atoms with Gasteiger partial charge in [-0.25, -0.2) is 4.79 Å². The summed E-state index contributed by atoms with van der Waals surface area (Å²) in [6, 6.07) is 6.93. The van der Waals surface area contributed by atoms with E-state index < -0.39 is 17.8 Å². The first-order valence-electron chi connectivity index (χ1n) is 11.1. The van der Waals surface area contributed by atoms with Gasteiger partial charge in [0, 0.05) is 19.2 Å². The van der Waals surface area contributed by atoms with Gasteiger partial charge in [-0.3, -0.25) is 0 Å². The fraction of sp³-hybridized carbons (Fsp3) is 0.542. The Kier molecular flexibility index (Phi) is 7.68. The molecule has 1 saturated carbocycles. The normalized spacial score (nSPS) is 15.1. The molecule has 0 radical (unpaired) electrons. The topological polar surface area (TPSA) is 43.3 Å². The summed E-state index contributed by atoms with van der Waals surface area (Å²) in [6.45, 7) is 5.25. The second-order valence-corrected chi connectivity index (χ2v) is 8.34. The average molecular weight is 437 g/mol. The Morgan fingerprint density at radius 2 is 1.84 bits per heavy atom. The quantitative estimate of drug-likeness (QED) is 0.477. The van der Waals surface area contributed by atoms with Crippen LogP contribution < -0.4 is 10.1 Å². The smallest absolute Gasteiger partial charge is 0.408 e. The van der Waals surface area contributed by atoms with E-state index in [4.69, 9.17) is 4.74 Å². The number of carbonyl (C=O) groups is 1. The summed E-state index contributed by atoms with van der Waals surface area (Å²) in [5, 5.41) is 2.74. The minimum Gasteiger partial charge on any atom is -0.408 e. The molecule has 1 aliphatic carbocycles. The second-order valence-electron chi connectivity index (χ2n) is 8.34. The Hall–Kier alpha value is -2.44.